The topological polar surface area (TPSA) is 15.3 Å². The lowest BCUT2D eigenvalue weighted by molar-refractivity contribution is 1.30. The maximum absolute atomic E-state index is 3.56. The minimum atomic E-state index is 1.06. The highest BCUT2D eigenvalue weighted by Crippen LogP contribution is 2.44. The minimum Gasteiger partial charge on any atom is -0.356 e. The van der Waals surface area contributed by atoms with Crippen molar-refractivity contribution in [1.82, 2.24) is 0 Å². The Balaban J connectivity index is 0.986. The minimum absolute atomic E-state index is 1.06. The summed E-state index contributed by atoms with van der Waals surface area (Å²) in [5.74, 6) is 0. The van der Waals surface area contributed by atoms with Crippen molar-refractivity contribution in [3.63, 3.8) is 0 Å². The van der Waals surface area contributed by atoms with E-state index in [0.717, 1.165) is 28.4 Å². The second-order valence-corrected chi connectivity index (χ2v) is 14.5. The van der Waals surface area contributed by atoms with Crippen molar-refractivity contribution in [3.05, 3.63) is 200 Å². The van der Waals surface area contributed by atoms with Crippen LogP contribution in [0.5, 0.6) is 0 Å². The SMILES string of the molecule is c1ccc(-c2ccc(Nc3ccc(-c4ccc(N(c5ccc6sc7c8ccccc8ccc7c6c5)c5cccc6ccccc56)cc4)cc3)cc2)cc1. The second kappa shape index (κ2) is 13.1. The van der Waals surface area contributed by atoms with E-state index in [9.17, 15) is 0 Å². The van der Waals surface area contributed by atoms with E-state index < -0.39 is 0 Å². The van der Waals surface area contributed by atoms with Crippen LogP contribution in [0.2, 0.25) is 0 Å². The number of hydrogen-bond acceptors (Lipinski definition) is 3. The smallest absolute Gasteiger partial charge is 0.0540 e. The van der Waals surface area contributed by atoms with Gasteiger partial charge < -0.3 is 10.2 Å². The third kappa shape index (κ3) is 5.78. The van der Waals surface area contributed by atoms with Crippen LogP contribution in [0, 0.1) is 0 Å². The molecule has 0 atom stereocenters. The van der Waals surface area contributed by atoms with Gasteiger partial charge in [-0.25, -0.2) is 0 Å². The molecule has 0 unspecified atom stereocenters. The van der Waals surface area contributed by atoms with Crippen molar-refractivity contribution in [2.45, 2.75) is 0 Å². The fraction of sp³-hybridized carbons (Fsp3) is 0. The van der Waals surface area contributed by atoms with Crippen molar-refractivity contribution >= 4 is 81.5 Å². The molecule has 0 fully saturated rings. The summed E-state index contributed by atoms with van der Waals surface area (Å²) in [7, 11) is 0. The molecule has 1 N–H and O–H groups in total. The molecule has 0 spiro atoms. The predicted octanol–water partition coefficient (Wildman–Crippen LogP) is 14.9. The molecule has 10 aromatic rings. The first-order valence-electron chi connectivity index (χ1n) is 18.0. The lowest BCUT2D eigenvalue weighted by Crippen LogP contribution is -2.10. The van der Waals surface area contributed by atoms with E-state index in [0.29, 0.717) is 0 Å². The summed E-state index contributed by atoms with van der Waals surface area (Å²) in [5, 5.41) is 11.2. The average Bonchev–Trinajstić information content (AvgIpc) is 3.61. The molecule has 1 aromatic heterocycles. The van der Waals surface area contributed by atoms with E-state index in [2.05, 4.69) is 204 Å². The zero-order chi connectivity index (χ0) is 35.1. The van der Waals surface area contributed by atoms with Crippen LogP contribution in [0.1, 0.15) is 0 Å². The van der Waals surface area contributed by atoms with Gasteiger partial charge in [-0.05, 0) is 99.1 Å². The molecular weight excluding hydrogens is 661 g/mol. The third-order valence-corrected chi connectivity index (χ3v) is 11.5. The summed E-state index contributed by atoms with van der Waals surface area (Å²) >= 11 is 1.88. The first kappa shape index (κ1) is 31.1. The predicted molar refractivity (Wildman–Crippen MR) is 230 cm³/mol. The van der Waals surface area contributed by atoms with Gasteiger partial charge in [-0.1, -0.05) is 140 Å². The van der Waals surface area contributed by atoms with Gasteiger partial charge in [0.05, 0.1) is 5.69 Å². The molecule has 2 nitrogen and oxygen atoms in total. The van der Waals surface area contributed by atoms with E-state index in [4.69, 9.17) is 0 Å². The number of fused-ring (bicyclic) bond motifs is 6. The number of nitrogens with one attached hydrogen (secondary N) is 1. The first-order chi connectivity index (χ1) is 26.2. The lowest BCUT2D eigenvalue weighted by atomic mass is 10.0. The molecule has 0 saturated carbocycles. The van der Waals surface area contributed by atoms with Crippen LogP contribution < -0.4 is 10.2 Å². The Morgan fingerprint density at radius 3 is 1.60 bits per heavy atom. The third-order valence-electron chi connectivity index (χ3n) is 10.2. The number of nitrogens with zero attached hydrogens (tertiary/aromatic N) is 1. The summed E-state index contributed by atoms with van der Waals surface area (Å²) in [6.45, 7) is 0. The fourth-order valence-corrected chi connectivity index (χ4v) is 8.77. The maximum atomic E-state index is 3.56. The molecule has 0 aliphatic carbocycles. The van der Waals surface area contributed by atoms with Gasteiger partial charge in [0, 0.05) is 48.3 Å². The van der Waals surface area contributed by atoms with Crippen molar-refractivity contribution in [3.8, 4) is 22.3 Å². The van der Waals surface area contributed by atoms with Crippen LogP contribution in [0.15, 0.2) is 200 Å². The van der Waals surface area contributed by atoms with Gasteiger partial charge in [0.25, 0.3) is 0 Å². The number of anilines is 5. The monoisotopic (exact) mass is 694 g/mol. The summed E-state index contributed by atoms with van der Waals surface area (Å²) in [5.41, 5.74) is 10.3. The Morgan fingerprint density at radius 1 is 0.358 bits per heavy atom. The highest BCUT2D eigenvalue weighted by molar-refractivity contribution is 7.26. The molecule has 0 saturated heterocycles. The summed E-state index contributed by atoms with van der Waals surface area (Å²) in [6, 6.07) is 72.2. The van der Waals surface area contributed by atoms with Gasteiger partial charge in [0.15, 0.2) is 0 Å². The van der Waals surface area contributed by atoms with Crippen LogP contribution in [-0.4, -0.2) is 0 Å². The summed E-state index contributed by atoms with van der Waals surface area (Å²) < 4.78 is 2.65. The van der Waals surface area contributed by atoms with Crippen molar-refractivity contribution in [2.24, 2.45) is 0 Å². The van der Waals surface area contributed by atoms with Gasteiger partial charge in [0.2, 0.25) is 0 Å². The molecule has 0 aliphatic rings. The van der Waals surface area contributed by atoms with E-state index in [1.807, 2.05) is 17.4 Å². The Hall–Kier alpha value is -6.68. The number of thiophene rings is 1. The summed E-state index contributed by atoms with van der Waals surface area (Å²) in [6.07, 6.45) is 0. The molecular formula is C50H34N2S. The molecule has 10 rings (SSSR count). The van der Waals surface area contributed by atoms with Crippen LogP contribution >= 0.6 is 11.3 Å². The van der Waals surface area contributed by atoms with Gasteiger partial charge in [-0.3, -0.25) is 0 Å². The van der Waals surface area contributed by atoms with Gasteiger partial charge in [0.1, 0.15) is 0 Å². The highest BCUT2D eigenvalue weighted by atomic mass is 32.1. The Bertz CT molecular complexity index is 2890. The van der Waals surface area contributed by atoms with Gasteiger partial charge in [-0.2, -0.15) is 0 Å². The van der Waals surface area contributed by atoms with E-state index in [-0.39, 0.29) is 0 Å². The highest BCUT2D eigenvalue weighted by Gasteiger charge is 2.18. The van der Waals surface area contributed by atoms with E-state index >= 15 is 0 Å². The first-order valence-corrected chi connectivity index (χ1v) is 18.8. The van der Waals surface area contributed by atoms with Gasteiger partial charge in [-0.15, -0.1) is 11.3 Å². The molecule has 250 valence electrons. The van der Waals surface area contributed by atoms with Crippen molar-refractivity contribution in [1.29, 1.82) is 0 Å². The number of hydrogen-bond donors (Lipinski definition) is 1. The van der Waals surface area contributed by atoms with Crippen LogP contribution in [-0.2, 0) is 0 Å². The van der Waals surface area contributed by atoms with Crippen LogP contribution in [0.4, 0.5) is 28.4 Å². The largest absolute Gasteiger partial charge is 0.356 e. The summed E-state index contributed by atoms with van der Waals surface area (Å²) in [4.78, 5) is 2.41. The average molecular weight is 695 g/mol. The molecule has 0 aliphatic heterocycles. The zero-order valence-electron chi connectivity index (χ0n) is 28.9. The molecule has 3 heteroatoms. The Kier molecular flexibility index (Phi) is 7.71. The molecule has 0 bridgehead atoms. The van der Waals surface area contributed by atoms with Crippen LogP contribution in [0.25, 0.3) is 64.0 Å². The molecule has 9 aromatic carbocycles. The number of benzene rings is 9. The van der Waals surface area contributed by atoms with Crippen molar-refractivity contribution in [2.75, 3.05) is 10.2 Å². The lowest BCUT2D eigenvalue weighted by Gasteiger charge is -2.27. The van der Waals surface area contributed by atoms with Gasteiger partial charge >= 0.3 is 0 Å². The standard InChI is InChI=1S/C50H34N2S/c1-2-9-34(10-3-1)35-17-24-40(25-18-35)51-41-26-19-36(20-27-41)37-21-28-42(29-22-37)52(48-16-8-13-38-11-4-6-14-44(38)48)43-30-32-49-47(33-43)46-31-23-39-12-5-7-15-45(39)50(46)53-49/h1-33,51H. The molecule has 0 radical (unpaired) electrons. The quantitative estimate of drug-likeness (QED) is 0.179. The van der Waals surface area contributed by atoms with Crippen molar-refractivity contribution < 1.29 is 0 Å². The van der Waals surface area contributed by atoms with Crippen LogP contribution in [0.3, 0.4) is 0 Å². The second-order valence-electron chi connectivity index (χ2n) is 13.5. The maximum Gasteiger partial charge on any atom is 0.0540 e. The Morgan fingerprint density at radius 2 is 0.906 bits per heavy atom. The normalized spacial score (nSPS) is 11.4. The molecule has 1 heterocycles. The fourth-order valence-electron chi connectivity index (χ4n) is 7.55. The number of rotatable bonds is 7. The van der Waals surface area contributed by atoms with E-state index in [1.165, 1.54) is 64.0 Å². The van der Waals surface area contributed by atoms with E-state index in [1.54, 1.807) is 0 Å². The molecule has 0 amide bonds. The molecule has 53 heavy (non-hydrogen) atoms. The Labute approximate surface area is 312 Å². The zero-order valence-corrected chi connectivity index (χ0v) is 29.7.